The number of rotatable bonds is 0. The average Bonchev–Trinajstić information content (AvgIpc) is 2.22. The molecule has 0 unspecified atom stereocenters. The van der Waals surface area contributed by atoms with E-state index < -0.39 is 6.17 Å². The van der Waals surface area contributed by atoms with E-state index in [9.17, 15) is 4.39 Å². The van der Waals surface area contributed by atoms with Gasteiger partial charge >= 0.3 is 0 Å². The molecule has 1 aliphatic rings. The van der Waals surface area contributed by atoms with E-state index in [1.807, 2.05) is 36.4 Å². The molecule has 0 spiro atoms. The van der Waals surface area contributed by atoms with Gasteiger partial charge in [0.1, 0.15) is 6.17 Å². The normalized spacial score (nSPS) is 17.3. The predicted molar refractivity (Wildman–Crippen MR) is 54.4 cm³/mol. The molecule has 1 heteroatoms. The molecular formula is C12H17F. The maximum Gasteiger partial charge on any atom is 0.100 e. The Morgan fingerprint density at radius 2 is 1.08 bits per heavy atom. The summed E-state index contributed by atoms with van der Waals surface area (Å²) >= 11 is 0. The number of hydrogen-bond donors (Lipinski definition) is 0. The van der Waals surface area contributed by atoms with Gasteiger partial charge < -0.3 is 0 Å². The molecule has 0 bridgehead atoms. The van der Waals surface area contributed by atoms with Crippen molar-refractivity contribution in [3.05, 3.63) is 36.4 Å². The zero-order chi connectivity index (χ0) is 9.36. The molecule has 1 aliphatic carbocycles. The van der Waals surface area contributed by atoms with Gasteiger partial charge in [-0.15, -0.1) is 0 Å². The first kappa shape index (κ1) is 10.2. The fourth-order valence-electron chi connectivity index (χ4n) is 1.44. The largest absolute Gasteiger partial charge is 0.247 e. The van der Waals surface area contributed by atoms with Crippen LogP contribution in [0.4, 0.5) is 4.39 Å². The molecule has 72 valence electrons. The minimum atomic E-state index is -0.464. The second kappa shape index (κ2) is 6.64. The highest BCUT2D eigenvalue weighted by atomic mass is 19.1. The fourth-order valence-corrected chi connectivity index (χ4v) is 1.44. The summed E-state index contributed by atoms with van der Waals surface area (Å²) in [5.41, 5.74) is 0. The lowest BCUT2D eigenvalue weighted by atomic mass is 9.99. The van der Waals surface area contributed by atoms with Crippen molar-refractivity contribution in [3.8, 4) is 0 Å². The van der Waals surface area contributed by atoms with Crippen molar-refractivity contribution in [1.82, 2.24) is 0 Å². The SMILES string of the molecule is FC1CCCCC1.c1ccccc1. The second-order valence-corrected chi connectivity index (χ2v) is 3.39. The molecular weight excluding hydrogens is 163 g/mol. The molecule has 0 atom stereocenters. The molecule has 0 aliphatic heterocycles. The number of halogens is 1. The topological polar surface area (TPSA) is 0 Å². The Morgan fingerprint density at radius 1 is 0.692 bits per heavy atom. The first-order chi connectivity index (χ1) is 6.39. The third kappa shape index (κ3) is 5.40. The second-order valence-electron chi connectivity index (χ2n) is 3.39. The summed E-state index contributed by atoms with van der Waals surface area (Å²) in [5.74, 6) is 0. The first-order valence-electron chi connectivity index (χ1n) is 5.03. The lowest BCUT2D eigenvalue weighted by Gasteiger charge is -2.12. The Kier molecular flexibility index (Phi) is 5.23. The number of hydrogen-bond acceptors (Lipinski definition) is 0. The Bertz CT molecular complexity index is 163. The van der Waals surface area contributed by atoms with Gasteiger partial charge in [-0.3, -0.25) is 0 Å². The minimum absolute atomic E-state index is 0.464. The Morgan fingerprint density at radius 3 is 1.31 bits per heavy atom. The van der Waals surface area contributed by atoms with Crippen LogP contribution in [0.1, 0.15) is 32.1 Å². The van der Waals surface area contributed by atoms with E-state index in [4.69, 9.17) is 0 Å². The van der Waals surface area contributed by atoms with Crippen LogP contribution in [-0.4, -0.2) is 6.17 Å². The molecule has 0 nitrogen and oxygen atoms in total. The Balaban J connectivity index is 0.000000132. The lowest BCUT2D eigenvalue weighted by molar-refractivity contribution is 0.251. The first-order valence-corrected chi connectivity index (χ1v) is 5.03. The van der Waals surface area contributed by atoms with Crippen LogP contribution in [0.5, 0.6) is 0 Å². The minimum Gasteiger partial charge on any atom is -0.247 e. The van der Waals surface area contributed by atoms with Crippen LogP contribution < -0.4 is 0 Å². The summed E-state index contributed by atoms with van der Waals surface area (Å²) in [5, 5.41) is 0. The summed E-state index contributed by atoms with van der Waals surface area (Å²) in [7, 11) is 0. The summed E-state index contributed by atoms with van der Waals surface area (Å²) < 4.78 is 12.2. The average molecular weight is 180 g/mol. The van der Waals surface area contributed by atoms with E-state index >= 15 is 0 Å². The van der Waals surface area contributed by atoms with E-state index in [2.05, 4.69) is 0 Å². The lowest BCUT2D eigenvalue weighted by Crippen LogP contribution is -2.04. The molecule has 1 aromatic rings. The van der Waals surface area contributed by atoms with Crippen molar-refractivity contribution >= 4 is 0 Å². The molecule has 0 saturated heterocycles. The van der Waals surface area contributed by atoms with Crippen LogP contribution in [0.2, 0.25) is 0 Å². The third-order valence-corrected chi connectivity index (χ3v) is 2.20. The van der Waals surface area contributed by atoms with Crippen LogP contribution >= 0.6 is 0 Å². The van der Waals surface area contributed by atoms with Gasteiger partial charge in [0.15, 0.2) is 0 Å². The van der Waals surface area contributed by atoms with E-state index in [1.54, 1.807) is 0 Å². The summed E-state index contributed by atoms with van der Waals surface area (Å²) in [6.45, 7) is 0. The van der Waals surface area contributed by atoms with E-state index in [1.165, 1.54) is 6.42 Å². The molecule has 0 amide bonds. The number of benzene rings is 1. The van der Waals surface area contributed by atoms with Crippen molar-refractivity contribution < 1.29 is 4.39 Å². The Hall–Kier alpha value is -0.850. The molecule has 1 aromatic carbocycles. The van der Waals surface area contributed by atoms with Gasteiger partial charge in [0.05, 0.1) is 0 Å². The summed E-state index contributed by atoms with van der Waals surface area (Å²) in [4.78, 5) is 0. The molecule has 0 heterocycles. The molecule has 0 radical (unpaired) electrons. The monoisotopic (exact) mass is 180 g/mol. The maximum atomic E-state index is 12.2. The molecule has 13 heavy (non-hydrogen) atoms. The van der Waals surface area contributed by atoms with Crippen LogP contribution in [-0.2, 0) is 0 Å². The molecule has 0 aromatic heterocycles. The fraction of sp³-hybridized carbons (Fsp3) is 0.500. The zero-order valence-electron chi connectivity index (χ0n) is 7.95. The van der Waals surface area contributed by atoms with E-state index in [-0.39, 0.29) is 0 Å². The quantitative estimate of drug-likeness (QED) is 0.566. The number of alkyl halides is 1. The van der Waals surface area contributed by atoms with E-state index in [0.717, 1.165) is 25.7 Å². The van der Waals surface area contributed by atoms with Crippen molar-refractivity contribution in [2.24, 2.45) is 0 Å². The van der Waals surface area contributed by atoms with Gasteiger partial charge in [-0.25, -0.2) is 4.39 Å². The van der Waals surface area contributed by atoms with E-state index in [0.29, 0.717) is 0 Å². The van der Waals surface area contributed by atoms with Crippen molar-refractivity contribution in [2.45, 2.75) is 38.3 Å². The van der Waals surface area contributed by atoms with Crippen molar-refractivity contribution in [1.29, 1.82) is 0 Å². The third-order valence-electron chi connectivity index (χ3n) is 2.20. The summed E-state index contributed by atoms with van der Waals surface area (Å²) in [6, 6.07) is 12.0. The van der Waals surface area contributed by atoms with Gasteiger partial charge in [-0.1, -0.05) is 55.7 Å². The van der Waals surface area contributed by atoms with Crippen LogP contribution in [0, 0.1) is 0 Å². The molecule has 1 saturated carbocycles. The summed E-state index contributed by atoms with van der Waals surface area (Å²) in [6.07, 6.45) is 4.65. The van der Waals surface area contributed by atoms with Gasteiger partial charge in [0.2, 0.25) is 0 Å². The highest BCUT2D eigenvalue weighted by molar-refractivity contribution is 4.99. The highest BCUT2D eigenvalue weighted by Gasteiger charge is 2.09. The molecule has 0 N–H and O–H groups in total. The van der Waals surface area contributed by atoms with Gasteiger partial charge in [-0.05, 0) is 12.8 Å². The van der Waals surface area contributed by atoms with Crippen LogP contribution in [0.3, 0.4) is 0 Å². The standard InChI is InChI=1S/C6H11F.C6H6/c7-6-4-2-1-3-5-6;1-2-4-6-5-3-1/h6H,1-5H2;1-6H. The van der Waals surface area contributed by atoms with Crippen molar-refractivity contribution in [3.63, 3.8) is 0 Å². The van der Waals surface area contributed by atoms with Crippen LogP contribution in [0.15, 0.2) is 36.4 Å². The maximum absolute atomic E-state index is 12.2. The van der Waals surface area contributed by atoms with Crippen molar-refractivity contribution in [2.75, 3.05) is 0 Å². The van der Waals surface area contributed by atoms with Gasteiger partial charge in [0.25, 0.3) is 0 Å². The predicted octanol–water partition coefficient (Wildman–Crippen LogP) is 3.98. The zero-order valence-corrected chi connectivity index (χ0v) is 7.95. The highest BCUT2D eigenvalue weighted by Crippen LogP contribution is 2.19. The van der Waals surface area contributed by atoms with Gasteiger partial charge in [0, 0.05) is 0 Å². The van der Waals surface area contributed by atoms with Crippen LogP contribution in [0.25, 0.3) is 0 Å². The molecule has 2 rings (SSSR count). The molecule has 1 fully saturated rings. The Labute approximate surface area is 79.8 Å². The van der Waals surface area contributed by atoms with Gasteiger partial charge in [-0.2, -0.15) is 0 Å². The smallest absolute Gasteiger partial charge is 0.100 e.